The van der Waals surface area contributed by atoms with Crippen molar-refractivity contribution in [2.75, 3.05) is 19.8 Å². The first-order chi connectivity index (χ1) is 17.5. The molecule has 0 aromatic rings. The van der Waals surface area contributed by atoms with Crippen LogP contribution >= 0.6 is 0 Å². The fourth-order valence-electron chi connectivity index (χ4n) is 3.89. The summed E-state index contributed by atoms with van der Waals surface area (Å²) in [5.41, 5.74) is 1.58. The Hall–Kier alpha value is -3.50. The molecule has 0 aromatic heterocycles. The van der Waals surface area contributed by atoms with E-state index in [9.17, 15) is 24.3 Å². The van der Waals surface area contributed by atoms with E-state index >= 15 is 0 Å². The molecule has 1 heterocycles. The van der Waals surface area contributed by atoms with Gasteiger partial charge in [0.05, 0.1) is 29.8 Å². The smallest absolute Gasteiger partial charge is 0.337 e. The third kappa shape index (κ3) is 8.26. The lowest BCUT2D eigenvalue weighted by Crippen LogP contribution is -2.34. The summed E-state index contributed by atoms with van der Waals surface area (Å²) in [5.74, 6) is -3.53. The minimum atomic E-state index is -0.873. The molecule has 2 aliphatic rings. The fourth-order valence-corrected chi connectivity index (χ4v) is 3.89. The first kappa shape index (κ1) is 29.7. The molecule has 0 unspecified atom stereocenters. The lowest BCUT2D eigenvalue weighted by Gasteiger charge is -2.28. The molecule has 0 bridgehead atoms. The highest BCUT2D eigenvalue weighted by atomic mass is 16.6. The van der Waals surface area contributed by atoms with Gasteiger partial charge in [0.2, 0.25) is 0 Å². The van der Waals surface area contributed by atoms with Crippen molar-refractivity contribution in [3.63, 3.8) is 0 Å². The van der Waals surface area contributed by atoms with Gasteiger partial charge in [0.1, 0.15) is 25.4 Å². The summed E-state index contributed by atoms with van der Waals surface area (Å²) in [5, 5.41) is 19.5. The van der Waals surface area contributed by atoms with Crippen LogP contribution in [0.2, 0.25) is 0 Å². The van der Waals surface area contributed by atoms with Crippen molar-refractivity contribution in [2.24, 2.45) is 5.92 Å². The van der Waals surface area contributed by atoms with E-state index in [2.05, 4.69) is 6.58 Å². The van der Waals surface area contributed by atoms with Crippen LogP contribution in [0.3, 0.4) is 0 Å². The normalized spacial score (nSPS) is 27.6. The molecule has 1 fully saturated rings. The molecular weight excluding hydrogens is 484 g/mol. The Labute approximate surface area is 215 Å². The van der Waals surface area contributed by atoms with Crippen molar-refractivity contribution < 1.29 is 48.3 Å². The number of hydrogen-bond donors (Lipinski definition) is 2. The van der Waals surface area contributed by atoms with E-state index in [0.717, 1.165) is 11.6 Å². The summed E-state index contributed by atoms with van der Waals surface area (Å²) in [6, 6.07) is 0. The number of rotatable bonds is 8. The molecule has 2 N–H and O–H groups in total. The Morgan fingerprint density at radius 3 is 2.46 bits per heavy atom. The van der Waals surface area contributed by atoms with Gasteiger partial charge in [-0.05, 0) is 44.9 Å². The molecule has 0 spiro atoms. The first-order valence-electron chi connectivity index (χ1n) is 11.9. The molecule has 1 saturated heterocycles. The number of hydrogen-bond acceptors (Lipinski definition) is 10. The summed E-state index contributed by atoms with van der Waals surface area (Å²) >= 11 is 0. The maximum absolute atomic E-state index is 13.1. The van der Waals surface area contributed by atoms with Crippen molar-refractivity contribution in [1.82, 2.24) is 0 Å². The van der Waals surface area contributed by atoms with E-state index in [1.54, 1.807) is 19.9 Å². The van der Waals surface area contributed by atoms with Crippen LogP contribution in [0.25, 0.3) is 0 Å². The topological polar surface area (TPSA) is 146 Å². The van der Waals surface area contributed by atoms with Gasteiger partial charge in [-0.25, -0.2) is 14.4 Å². The summed E-state index contributed by atoms with van der Waals surface area (Å²) in [6.07, 6.45) is 4.38. The third-order valence-corrected chi connectivity index (χ3v) is 6.09. The number of carbonyl (C=O) groups excluding carboxylic acids is 4. The number of aliphatic hydroxyl groups is 2. The van der Waals surface area contributed by atoms with Gasteiger partial charge in [-0.3, -0.25) is 4.79 Å². The van der Waals surface area contributed by atoms with Gasteiger partial charge in [0, 0.05) is 18.9 Å². The molecule has 202 valence electrons. The van der Waals surface area contributed by atoms with E-state index in [-0.39, 0.29) is 23.1 Å². The number of ether oxygens (including phenoxy) is 4. The molecule has 10 nitrogen and oxygen atoms in total. The molecule has 0 radical (unpaired) electrons. The fraction of sp³-hybridized carbons (Fsp3) is 0.481. The van der Waals surface area contributed by atoms with Gasteiger partial charge in [0.25, 0.3) is 0 Å². The van der Waals surface area contributed by atoms with Crippen molar-refractivity contribution in [2.45, 2.75) is 58.8 Å². The Morgan fingerprint density at radius 2 is 1.84 bits per heavy atom. The molecule has 37 heavy (non-hydrogen) atoms. The zero-order valence-corrected chi connectivity index (χ0v) is 21.5. The number of esters is 4. The average Bonchev–Trinajstić information content (AvgIpc) is 3.11. The summed E-state index contributed by atoms with van der Waals surface area (Å²) in [6.45, 7) is 8.85. The Morgan fingerprint density at radius 1 is 1.16 bits per heavy atom. The van der Waals surface area contributed by atoms with E-state index in [1.807, 2.05) is 13.0 Å². The zero-order valence-electron chi connectivity index (χ0n) is 21.5. The molecule has 0 aromatic carbocycles. The van der Waals surface area contributed by atoms with E-state index in [4.69, 9.17) is 24.1 Å². The summed E-state index contributed by atoms with van der Waals surface area (Å²) in [7, 11) is 0. The number of fused-ring (bicyclic) bond motifs is 1. The van der Waals surface area contributed by atoms with Crippen LogP contribution in [0.1, 0.15) is 40.5 Å². The van der Waals surface area contributed by atoms with Crippen LogP contribution in [-0.4, -0.2) is 72.2 Å². The molecular formula is C27H34O10. The zero-order chi connectivity index (χ0) is 27.7. The van der Waals surface area contributed by atoms with Gasteiger partial charge in [-0.1, -0.05) is 24.3 Å². The SMILES string of the molecule is C=C1C(=O)O[C@@H]2/C=C(\C)[C@H](O)C/C=C(\C)C[C@@H](OC(=O)/C(=C\C)COC(=O)/C(=C/CO)COC(C)=O)[C@@H]12. The molecule has 1 aliphatic carbocycles. The van der Waals surface area contributed by atoms with Crippen molar-refractivity contribution in [1.29, 1.82) is 0 Å². The molecule has 0 amide bonds. The average molecular weight is 519 g/mol. The molecule has 10 heteroatoms. The highest BCUT2D eigenvalue weighted by Gasteiger charge is 2.44. The van der Waals surface area contributed by atoms with Gasteiger partial charge in [-0.15, -0.1) is 0 Å². The lowest BCUT2D eigenvalue weighted by atomic mass is 9.85. The minimum Gasteiger partial charge on any atom is -0.461 e. The van der Waals surface area contributed by atoms with Crippen LogP contribution in [-0.2, 0) is 38.1 Å². The van der Waals surface area contributed by atoms with Gasteiger partial charge in [-0.2, -0.15) is 0 Å². The van der Waals surface area contributed by atoms with Crippen LogP contribution in [0.5, 0.6) is 0 Å². The quantitative estimate of drug-likeness (QED) is 0.212. The Kier molecular flexibility index (Phi) is 11.0. The highest BCUT2D eigenvalue weighted by Crippen LogP contribution is 2.36. The van der Waals surface area contributed by atoms with E-state index < -0.39 is 67.9 Å². The van der Waals surface area contributed by atoms with Crippen LogP contribution in [0.15, 0.2) is 58.7 Å². The predicted molar refractivity (Wildman–Crippen MR) is 132 cm³/mol. The molecule has 4 atom stereocenters. The second-order valence-corrected chi connectivity index (χ2v) is 8.86. The number of allylic oxidation sites excluding steroid dienone is 1. The third-order valence-electron chi connectivity index (χ3n) is 6.09. The van der Waals surface area contributed by atoms with Gasteiger partial charge >= 0.3 is 23.9 Å². The van der Waals surface area contributed by atoms with Crippen LogP contribution < -0.4 is 0 Å². The van der Waals surface area contributed by atoms with Crippen LogP contribution in [0.4, 0.5) is 0 Å². The Bertz CT molecular complexity index is 1050. The molecule has 0 saturated carbocycles. The second kappa shape index (κ2) is 13.7. The largest absolute Gasteiger partial charge is 0.461 e. The standard InChI is InChI=1S/C27H34O10/c1-6-19(13-35-26(32)20(9-10-28)14-34-18(5)29)27(33)37-22-11-15(2)7-8-21(30)16(3)12-23-24(22)17(4)25(31)36-23/h6-7,9,12,21-24,28,30H,4,8,10-11,13-14H2,1-3,5H3/b15-7+,16-12+,19-6-,20-9+/t21-,22-,23-,24-/m1/s1. The van der Waals surface area contributed by atoms with E-state index in [1.165, 1.54) is 13.0 Å². The lowest BCUT2D eigenvalue weighted by molar-refractivity contribution is -0.148. The Balaban J connectivity index is 2.20. The summed E-state index contributed by atoms with van der Waals surface area (Å²) in [4.78, 5) is 48.8. The molecule has 1 aliphatic heterocycles. The maximum atomic E-state index is 13.1. The minimum absolute atomic E-state index is 0.0393. The van der Waals surface area contributed by atoms with Crippen LogP contribution in [0, 0.1) is 5.92 Å². The first-order valence-corrected chi connectivity index (χ1v) is 11.9. The van der Waals surface area contributed by atoms with Crippen molar-refractivity contribution in [3.05, 3.63) is 58.7 Å². The van der Waals surface area contributed by atoms with E-state index in [0.29, 0.717) is 12.0 Å². The summed E-state index contributed by atoms with van der Waals surface area (Å²) < 4.78 is 21.2. The highest BCUT2D eigenvalue weighted by molar-refractivity contribution is 5.93. The maximum Gasteiger partial charge on any atom is 0.337 e. The number of carbonyl (C=O) groups is 4. The van der Waals surface area contributed by atoms with Crippen molar-refractivity contribution in [3.8, 4) is 0 Å². The molecule has 2 rings (SSSR count). The van der Waals surface area contributed by atoms with Crippen molar-refractivity contribution >= 4 is 23.9 Å². The van der Waals surface area contributed by atoms with Gasteiger partial charge < -0.3 is 29.2 Å². The predicted octanol–water partition coefficient (Wildman–Crippen LogP) is 2.01. The monoisotopic (exact) mass is 518 g/mol. The second-order valence-electron chi connectivity index (χ2n) is 8.86. The van der Waals surface area contributed by atoms with Gasteiger partial charge in [0.15, 0.2) is 0 Å². The number of aliphatic hydroxyl groups excluding tert-OH is 2.